The Bertz CT molecular complexity index is 1830. The topological polar surface area (TPSA) is 94.7 Å². The summed E-state index contributed by atoms with van der Waals surface area (Å²) >= 11 is 20.9. The van der Waals surface area contributed by atoms with Crippen LogP contribution >= 0.6 is 46.1 Å². The summed E-state index contributed by atoms with van der Waals surface area (Å²) in [4.78, 5) is 6.88. The summed E-state index contributed by atoms with van der Waals surface area (Å²) in [6.07, 6.45) is 5.46. The maximum atomic E-state index is 13.8. The number of nitriles is 1. The third kappa shape index (κ3) is 6.14. The number of halogens is 4. The number of thiophene rings is 1. The molecule has 0 bridgehead atoms. The first-order valence-corrected chi connectivity index (χ1v) is 15.8. The Hall–Kier alpha value is -3.46. The van der Waals surface area contributed by atoms with E-state index in [4.69, 9.17) is 34.8 Å². The van der Waals surface area contributed by atoms with Gasteiger partial charge >= 0.3 is 0 Å². The van der Waals surface area contributed by atoms with E-state index in [0.29, 0.717) is 38.0 Å². The summed E-state index contributed by atoms with van der Waals surface area (Å²) in [5, 5.41) is 31.1. The van der Waals surface area contributed by atoms with Crippen molar-refractivity contribution in [2.45, 2.75) is 31.8 Å². The van der Waals surface area contributed by atoms with Gasteiger partial charge < -0.3 is 15.5 Å². The van der Waals surface area contributed by atoms with Gasteiger partial charge in [-0.1, -0.05) is 46.9 Å². The standard InChI is InChI=1S/C30H26Cl3FN8S/c1-2-41-7-5-20(6-8-41)42-14-27(39-40-42)30(22-15-43-16-25(22)33)38-19-9-21-28(37-18-3-4-26(34)23(31)10-18)17(12-35)13-36-29(21)24(32)11-19/h3-4,9-11,13-16,20,30,38H,2,5-8H2,1H3,(H,36,37). The number of nitrogens with zero attached hydrogens (tertiary/aromatic N) is 6. The molecule has 3 aromatic heterocycles. The van der Waals surface area contributed by atoms with Gasteiger partial charge in [-0.2, -0.15) is 16.6 Å². The SMILES string of the molecule is CCN1CCC(n2cc(C(Nc3cc(Cl)c4ncc(C#N)c(Nc5ccc(F)c(Cl)c5)c4c3)c3cscc3Cl)nn2)CC1. The molecule has 0 spiro atoms. The van der Waals surface area contributed by atoms with Crippen LogP contribution in [0.15, 0.2) is 53.5 Å². The molecule has 4 heterocycles. The largest absolute Gasteiger partial charge is 0.373 e. The Labute approximate surface area is 267 Å². The van der Waals surface area contributed by atoms with Crippen LogP contribution in [-0.4, -0.2) is 44.5 Å². The van der Waals surface area contributed by atoms with E-state index in [-0.39, 0.29) is 16.6 Å². The lowest BCUT2D eigenvalue weighted by atomic mass is 10.0. The summed E-state index contributed by atoms with van der Waals surface area (Å²) < 4.78 is 15.8. The minimum absolute atomic E-state index is 0.0401. The van der Waals surface area contributed by atoms with Crippen LogP contribution < -0.4 is 10.6 Å². The Morgan fingerprint density at radius 3 is 2.58 bits per heavy atom. The number of hydrogen-bond donors (Lipinski definition) is 2. The third-order valence-electron chi connectivity index (χ3n) is 7.70. The zero-order valence-corrected chi connectivity index (χ0v) is 26.1. The van der Waals surface area contributed by atoms with Crippen molar-refractivity contribution in [3.8, 4) is 6.07 Å². The maximum absolute atomic E-state index is 13.8. The van der Waals surface area contributed by atoms with Crippen molar-refractivity contribution < 1.29 is 4.39 Å². The van der Waals surface area contributed by atoms with E-state index in [2.05, 4.69) is 43.8 Å². The van der Waals surface area contributed by atoms with Gasteiger partial charge in [0.05, 0.1) is 50.1 Å². The fourth-order valence-corrected chi connectivity index (χ4v) is 6.92. The smallest absolute Gasteiger partial charge is 0.141 e. The molecule has 2 aromatic carbocycles. The summed E-state index contributed by atoms with van der Waals surface area (Å²) in [5.41, 5.74) is 4.00. The van der Waals surface area contributed by atoms with Crippen LogP contribution in [0, 0.1) is 17.1 Å². The van der Waals surface area contributed by atoms with Crippen LogP contribution in [0.25, 0.3) is 10.9 Å². The molecule has 0 aliphatic carbocycles. The van der Waals surface area contributed by atoms with Gasteiger partial charge in [0.1, 0.15) is 17.6 Å². The van der Waals surface area contributed by atoms with Gasteiger partial charge in [-0.15, -0.1) is 5.10 Å². The number of benzene rings is 2. The first kappa shape index (κ1) is 29.6. The number of aromatic nitrogens is 4. The second-order valence-electron chi connectivity index (χ2n) is 10.3. The van der Waals surface area contributed by atoms with Gasteiger partial charge in [0, 0.05) is 47.0 Å². The lowest BCUT2D eigenvalue weighted by molar-refractivity contribution is 0.186. The molecular weight excluding hydrogens is 630 g/mol. The lowest BCUT2D eigenvalue weighted by Crippen LogP contribution is -2.34. The van der Waals surface area contributed by atoms with Crippen LogP contribution in [-0.2, 0) is 0 Å². The molecule has 1 fully saturated rings. The number of pyridine rings is 1. The molecular formula is C30H26Cl3FN8S. The second-order valence-corrected chi connectivity index (χ2v) is 12.3. The highest BCUT2D eigenvalue weighted by Crippen LogP contribution is 2.39. The number of piperidine rings is 1. The molecule has 1 aliphatic rings. The molecule has 0 saturated carbocycles. The van der Waals surface area contributed by atoms with Gasteiger partial charge in [0.2, 0.25) is 0 Å². The van der Waals surface area contributed by atoms with Crippen molar-refractivity contribution in [1.29, 1.82) is 5.26 Å². The molecule has 1 aliphatic heterocycles. The molecule has 6 rings (SSSR count). The molecule has 220 valence electrons. The van der Waals surface area contributed by atoms with Gasteiger partial charge in [-0.3, -0.25) is 4.98 Å². The normalized spacial score (nSPS) is 15.0. The molecule has 2 N–H and O–H groups in total. The zero-order chi connectivity index (χ0) is 30.1. The van der Waals surface area contributed by atoms with Crippen LogP contribution in [0.5, 0.6) is 0 Å². The van der Waals surface area contributed by atoms with E-state index >= 15 is 0 Å². The molecule has 0 amide bonds. The van der Waals surface area contributed by atoms with Gasteiger partial charge in [-0.25, -0.2) is 9.07 Å². The molecule has 1 atom stereocenters. The molecule has 1 saturated heterocycles. The van der Waals surface area contributed by atoms with E-state index in [1.54, 1.807) is 12.1 Å². The highest BCUT2D eigenvalue weighted by molar-refractivity contribution is 7.08. The minimum Gasteiger partial charge on any atom is -0.373 e. The van der Waals surface area contributed by atoms with Crippen molar-refractivity contribution in [1.82, 2.24) is 24.9 Å². The first-order valence-electron chi connectivity index (χ1n) is 13.7. The predicted octanol–water partition coefficient (Wildman–Crippen LogP) is 8.46. The van der Waals surface area contributed by atoms with Crippen molar-refractivity contribution in [2.24, 2.45) is 0 Å². The van der Waals surface area contributed by atoms with E-state index in [1.165, 1.54) is 29.7 Å². The fraction of sp³-hybridized carbons (Fsp3) is 0.267. The zero-order valence-electron chi connectivity index (χ0n) is 23.0. The molecule has 13 heteroatoms. The number of hydrogen-bond acceptors (Lipinski definition) is 8. The lowest BCUT2D eigenvalue weighted by Gasteiger charge is -2.30. The van der Waals surface area contributed by atoms with Gasteiger partial charge in [-0.05, 0) is 55.1 Å². The highest BCUT2D eigenvalue weighted by Gasteiger charge is 2.26. The molecule has 8 nitrogen and oxygen atoms in total. The van der Waals surface area contributed by atoms with E-state index in [9.17, 15) is 9.65 Å². The van der Waals surface area contributed by atoms with Crippen LogP contribution in [0.4, 0.5) is 21.5 Å². The van der Waals surface area contributed by atoms with Crippen molar-refractivity contribution in [3.63, 3.8) is 0 Å². The Kier molecular flexibility index (Phi) is 8.71. The maximum Gasteiger partial charge on any atom is 0.141 e. The highest BCUT2D eigenvalue weighted by atomic mass is 35.5. The quantitative estimate of drug-likeness (QED) is 0.173. The predicted molar refractivity (Wildman–Crippen MR) is 171 cm³/mol. The average Bonchev–Trinajstić information content (AvgIpc) is 3.68. The first-order chi connectivity index (χ1) is 20.8. The third-order valence-corrected chi connectivity index (χ3v) is 9.50. The summed E-state index contributed by atoms with van der Waals surface area (Å²) in [6.45, 7) is 5.29. The monoisotopic (exact) mass is 654 g/mol. The number of rotatable bonds is 8. The van der Waals surface area contributed by atoms with Crippen molar-refractivity contribution in [3.05, 3.63) is 91.2 Å². The second kappa shape index (κ2) is 12.6. The number of fused-ring (bicyclic) bond motifs is 1. The number of anilines is 3. The van der Waals surface area contributed by atoms with Crippen molar-refractivity contribution >= 4 is 74.1 Å². The Balaban J connectivity index is 1.38. The minimum atomic E-state index is -0.539. The Morgan fingerprint density at radius 1 is 1.09 bits per heavy atom. The van der Waals surface area contributed by atoms with Crippen LogP contribution in [0.2, 0.25) is 15.1 Å². The molecule has 43 heavy (non-hydrogen) atoms. The molecule has 5 aromatic rings. The fourth-order valence-electron chi connectivity index (χ4n) is 5.36. The number of nitrogens with one attached hydrogen (secondary N) is 2. The average molecular weight is 656 g/mol. The summed E-state index contributed by atoms with van der Waals surface area (Å²) in [5.74, 6) is -0.539. The van der Waals surface area contributed by atoms with Crippen molar-refractivity contribution in [2.75, 3.05) is 30.3 Å². The molecule has 1 unspecified atom stereocenters. The summed E-state index contributed by atoms with van der Waals surface area (Å²) in [6, 6.07) is 9.93. The van der Waals surface area contributed by atoms with E-state index in [1.807, 2.05) is 27.7 Å². The van der Waals surface area contributed by atoms with E-state index < -0.39 is 11.9 Å². The molecule has 0 radical (unpaired) electrons. The van der Waals surface area contributed by atoms with Gasteiger partial charge in [0.15, 0.2) is 0 Å². The summed E-state index contributed by atoms with van der Waals surface area (Å²) in [7, 11) is 0. The van der Waals surface area contributed by atoms with Gasteiger partial charge in [0.25, 0.3) is 0 Å². The van der Waals surface area contributed by atoms with E-state index in [0.717, 1.165) is 43.7 Å². The van der Waals surface area contributed by atoms with Crippen LogP contribution in [0.3, 0.4) is 0 Å². The van der Waals surface area contributed by atoms with Crippen LogP contribution in [0.1, 0.15) is 48.7 Å². The number of likely N-dealkylation sites (tertiary alicyclic amines) is 1. The Morgan fingerprint density at radius 2 is 1.88 bits per heavy atom.